The average molecular weight is 340 g/mol. The Bertz CT molecular complexity index is 772. The number of rotatable bonds is 3. The van der Waals surface area contributed by atoms with Crippen LogP contribution < -0.4 is 10.2 Å². The van der Waals surface area contributed by atoms with Gasteiger partial charge < -0.3 is 20.1 Å². The molecule has 0 aromatic carbocycles. The second-order valence-electron chi connectivity index (χ2n) is 6.21. The number of hydrogen-bond acceptors (Lipinski definition) is 6. The van der Waals surface area contributed by atoms with Crippen LogP contribution in [0.15, 0.2) is 30.5 Å². The van der Waals surface area contributed by atoms with Gasteiger partial charge in [0, 0.05) is 25.8 Å². The highest BCUT2D eigenvalue weighted by Crippen LogP contribution is 2.30. The summed E-state index contributed by atoms with van der Waals surface area (Å²) in [6.07, 6.45) is 1.75. The van der Waals surface area contributed by atoms with Crippen LogP contribution in [0.3, 0.4) is 0 Å². The maximum Gasteiger partial charge on any atom is 0.233 e. The number of amides is 1. The Hall–Kier alpha value is -2.51. The molecule has 0 aliphatic carbocycles. The number of pyridine rings is 2. The van der Waals surface area contributed by atoms with Crippen LogP contribution in [-0.4, -0.2) is 47.3 Å². The van der Waals surface area contributed by atoms with E-state index in [1.165, 1.54) is 0 Å². The standard InChI is InChI=1S/C18H20N4O3/c23-11-14-3-1-13-10-20-18(24)16(17(13)21-14)12-2-4-15(19-9-12)22-5-7-25-8-6-22/h1-4,9,16,23H,5-8,10-11H2,(H,20,24). The van der Waals surface area contributed by atoms with Crippen molar-refractivity contribution in [2.45, 2.75) is 19.1 Å². The van der Waals surface area contributed by atoms with E-state index in [2.05, 4.69) is 20.2 Å². The summed E-state index contributed by atoms with van der Waals surface area (Å²) in [6.45, 7) is 3.37. The Morgan fingerprint density at radius 1 is 1.24 bits per heavy atom. The first-order valence-corrected chi connectivity index (χ1v) is 8.42. The number of morpholine rings is 1. The minimum Gasteiger partial charge on any atom is -0.390 e. The van der Waals surface area contributed by atoms with Gasteiger partial charge >= 0.3 is 0 Å². The zero-order valence-corrected chi connectivity index (χ0v) is 13.8. The molecule has 2 aromatic rings. The molecule has 0 spiro atoms. The van der Waals surface area contributed by atoms with Gasteiger partial charge in [0.15, 0.2) is 0 Å². The topological polar surface area (TPSA) is 87.6 Å². The molecule has 0 bridgehead atoms. The number of aromatic nitrogens is 2. The van der Waals surface area contributed by atoms with Gasteiger partial charge in [0.25, 0.3) is 0 Å². The van der Waals surface area contributed by atoms with Gasteiger partial charge in [-0.2, -0.15) is 0 Å². The number of aliphatic hydroxyl groups excluding tert-OH is 1. The van der Waals surface area contributed by atoms with Gasteiger partial charge in [-0.1, -0.05) is 12.1 Å². The molecule has 0 saturated carbocycles. The number of carbonyl (C=O) groups excluding carboxylic acids is 1. The van der Waals surface area contributed by atoms with Crippen LogP contribution in [0.25, 0.3) is 0 Å². The molecule has 0 radical (unpaired) electrons. The van der Waals surface area contributed by atoms with E-state index in [9.17, 15) is 9.90 Å². The smallest absolute Gasteiger partial charge is 0.233 e. The summed E-state index contributed by atoms with van der Waals surface area (Å²) in [5.74, 6) is 0.304. The van der Waals surface area contributed by atoms with Gasteiger partial charge in [-0.05, 0) is 23.3 Å². The molecule has 2 N–H and O–H groups in total. The van der Waals surface area contributed by atoms with Gasteiger partial charge in [-0.3, -0.25) is 9.78 Å². The minimum atomic E-state index is -0.499. The van der Waals surface area contributed by atoms with Crippen LogP contribution in [0.1, 0.15) is 28.4 Å². The van der Waals surface area contributed by atoms with Crippen molar-refractivity contribution in [2.24, 2.45) is 0 Å². The predicted molar refractivity (Wildman–Crippen MR) is 91.1 cm³/mol. The lowest BCUT2D eigenvalue weighted by atomic mass is 9.89. The molecular weight excluding hydrogens is 320 g/mol. The van der Waals surface area contributed by atoms with Crippen molar-refractivity contribution in [3.05, 3.63) is 53.0 Å². The van der Waals surface area contributed by atoms with Crippen LogP contribution in [0.2, 0.25) is 0 Å². The first-order valence-electron chi connectivity index (χ1n) is 8.42. The van der Waals surface area contributed by atoms with Gasteiger partial charge in [-0.15, -0.1) is 0 Å². The van der Waals surface area contributed by atoms with Gasteiger partial charge in [0.05, 0.1) is 31.2 Å². The van der Waals surface area contributed by atoms with Crippen LogP contribution in [0.5, 0.6) is 0 Å². The molecule has 1 amide bonds. The summed E-state index contributed by atoms with van der Waals surface area (Å²) in [7, 11) is 0. The average Bonchev–Trinajstić information content (AvgIpc) is 2.68. The highest BCUT2D eigenvalue weighted by atomic mass is 16.5. The predicted octanol–water partition coefficient (Wildman–Crippen LogP) is 0.567. The Morgan fingerprint density at radius 3 is 2.80 bits per heavy atom. The molecule has 1 unspecified atom stereocenters. The van der Waals surface area contributed by atoms with Crippen LogP contribution >= 0.6 is 0 Å². The van der Waals surface area contributed by atoms with E-state index in [0.717, 1.165) is 30.0 Å². The Morgan fingerprint density at radius 2 is 2.08 bits per heavy atom. The second kappa shape index (κ2) is 6.78. The fourth-order valence-electron chi connectivity index (χ4n) is 3.30. The first kappa shape index (κ1) is 16.0. The molecule has 130 valence electrons. The van der Waals surface area contributed by atoms with E-state index < -0.39 is 5.92 Å². The van der Waals surface area contributed by atoms with Crippen molar-refractivity contribution in [3.63, 3.8) is 0 Å². The zero-order chi connectivity index (χ0) is 17.2. The molecule has 1 atom stereocenters. The fraction of sp³-hybridized carbons (Fsp3) is 0.389. The van der Waals surface area contributed by atoms with Crippen molar-refractivity contribution in [3.8, 4) is 0 Å². The van der Waals surface area contributed by atoms with Crippen molar-refractivity contribution in [2.75, 3.05) is 31.2 Å². The minimum absolute atomic E-state index is 0.0870. The number of carbonyl (C=O) groups is 1. The monoisotopic (exact) mass is 340 g/mol. The van der Waals surface area contributed by atoms with E-state index in [0.29, 0.717) is 31.1 Å². The van der Waals surface area contributed by atoms with Crippen molar-refractivity contribution in [1.29, 1.82) is 0 Å². The van der Waals surface area contributed by atoms with E-state index >= 15 is 0 Å². The van der Waals surface area contributed by atoms with Crippen molar-refractivity contribution in [1.82, 2.24) is 15.3 Å². The third kappa shape index (κ3) is 3.08. The number of aliphatic hydroxyl groups is 1. The van der Waals surface area contributed by atoms with Crippen molar-refractivity contribution >= 4 is 11.7 Å². The molecule has 1 fully saturated rings. The number of fused-ring (bicyclic) bond motifs is 1. The highest BCUT2D eigenvalue weighted by Gasteiger charge is 2.31. The van der Waals surface area contributed by atoms with Crippen LogP contribution in [-0.2, 0) is 22.7 Å². The molecule has 1 saturated heterocycles. The third-order valence-electron chi connectivity index (χ3n) is 4.66. The molecule has 2 aliphatic heterocycles. The first-order chi connectivity index (χ1) is 12.3. The summed E-state index contributed by atoms with van der Waals surface area (Å²) in [6, 6.07) is 7.57. The van der Waals surface area contributed by atoms with E-state index in [4.69, 9.17) is 4.74 Å². The quantitative estimate of drug-likeness (QED) is 0.849. The van der Waals surface area contributed by atoms with Crippen LogP contribution in [0, 0.1) is 0 Å². The SMILES string of the molecule is O=C1NCc2ccc(CO)nc2C1c1ccc(N2CCOCC2)nc1. The second-order valence-corrected chi connectivity index (χ2v) is 6.21. The summed E-state index contributed by atoms with van der Waals surface area (Å²) in [4.78, 5) is 23.7. The lowest BCUT2D eigenvalue weighted by molar-refractivity contribution is -0.122. The fourth-order valence-corrected chi connectivity index (χ4v) is 3.30. The molecule has 4 rings (SSSR count). The number of ether oxygens (including phenoxy) is 1. The molecule has 4 heterocycles. The molecule has 7 heteroatoms. The number of hydrogen-bond donors (Lipinski definition) is 2. The molecule has 2 aliphatic rings. The van der Waals surface area contributed by atoms with E-state index in [-0.39, 0.29) is 12.5 Å². The maximum absolute atomic E-state index is 12.5. The summed E-state index contributed by atoms with van der Waals surface area (Å²) >= 11 is 0. The van der Waals surface area contributed by atoms with Crippen molar-refractivity contribution < 1.29 is 14.6 Å². The normalized spacial score (nSPS) is 20.1. The third-order valence-corrected chi connectivity index (χ3v) is 4.66. The van der Waals surface area contributed by atoms with Gasteiger partial charge in [0.1, 0.15) is 11.7 Å². The van der Waals surface area contributed by atoms with Gasteiger partial charge in [0.2, 0.25) is 5.91 Å². The maximum atomic E-state index is 12.5. The zero-order valence-electron chi connectivity index (χ0n) is 13.8. The van der Waals surface area contributed by atoms with E-state index in [1.54, 1.807) is 12.3 Å². The Balaban J connectivity index is 1.66. The summed E-state index contributed by atoms with van der Waals surface area (Å²) < 4.78 is 5.36. The molecule has 7 nitrogen and oxygen atoms in total. The summed E-state index contributed by atoms with van der Waals surface area (Å²) in [5, 5.41) is 12.3. The largest absolute Gasteiger partial charge is 0.390 e. The Labute approximate surface area is 145 Å². The molecular formula is C18H20N4O3. The highest BCUT2D eigenvalue weighted by molar-refractivity contribution is 5.88. The number of nitrogens with zero attached hydrogens (tertiary/aromatic N) is 3. The lowest BCUT2D eigenvalue weighted by Gasteiger charge is -2.28. The number of nitrogens with one attached hydrogen (secondary N) is 1. The number of anilines is 1. The molecule has 25 heavy (non-hydrogen) atoms. The Kier molecular flexibility index (Phi) is 4.33. The van der Waals surface area contributed by atoms with Gasteiger partial charge in [-0.25, -0.2) is 4.98 Å². The van der Waals surface area contributed by atoms with Crippen LogP contribution in [0.4, 0.5) is 5.82 Å². The molecule has 2 aromatic heterocycles. The lowest BCUT2D eigenvalue weighted by Crippen LogP contribution is -2.37. The summed E-state index contributed by atoms with van der Waals surface area (Å²) in [5.41, 5.74) is 3.05. The van der Waals surface area contributed by atoms with E-state index in [1.807, 2.05) is 18.2 Å².